The Hall–Kier alpha value is -1.58. The Balaban J connectivity index is 2.03. The first-order valence-corrected chi connectivity index (χ1v) is 7.60. The minimum Gasteiger partial charge on any atom is -0.466 e. The average molecular weight is 278 g/mol. The van der Waals surface area contributed by atoms with Crippen LogP contribution in [0.15, 0.2) is 18.3 Å². The first-order valence-electron chi connectivity index (χ1n) is 7.60. The Labute approximate surface area is 121 Å². The van der Waals surface area contributed by atoms with Crippen molar-refractivity contribution >= 4 is 11.8 Å². The summed E-state index contributed by atoms with van der Waals surface area (Å²) < 4.78 is 4.89. The number of nitrogens with one attached hydrogen (secondary N) is 1. The lowest BCUT2D eigenvalue weighted by atomic mass is 10.1. The van der Waals surface area contributed by atoms with Gasteiger partial charge in [-0.05, 0) is 43.9 Å². The maximum atomic E-state index is 11.1. The number of pyridine rings is 1. The Bertz CT molecular complexity index is 394. The van der Waals surface area contributed by atoms with E-state index >= 15 is 0 Å². The first kappa shape index (κ1) is 16.5. The lowest BCUT2D eigenvalue weighted by molar-refractivity contribution is -0.143. The van der Waals surface area contributed by atoms with Crippen LogP contribution in [-0.2, 0) is 16.0 Å². The molecule has 0 saturated carbocycles. The lowest BCUT2D eigenvalue weighted by Crippen LogP contribution is -2.05. The summed E-state index contributed by atoms with van der Waals surface area (Å²) in [4.78, 5) is 15.4. The molecule has 1 heterocycles. The zero-order chi connectivity index (χ0) is 14.6. The Morgan fingerprint density at radius 1 is 1.25 bits per heavy atom. The van der Waals surface area contributed by atoms with E-state index in [4.69, 9.17) is 4.74 Å². The van der Waals surface area contributed by atoms with Crippen LogP contribution < -0.4 is 5.32 Å². The van der Waals surface area contributed by atoms with Gasteiger partial charge in [-0.15, -0.1) is 0 Å². The molecule has 0 fully saturated rings. The lowest BCUT2D eigenvalue weighted by Gasteiger charge is -2.06. The van der Waals surface area contributed by atoms with Gasteiger partial charge in [0.05, 0.1) is 6.61 Å². The molecule has 1 rings (SSSR count). The van der Waals surface area contributed by atoms with E-state index in [1.165, 1.54) is 5.56 Å². The molecule has 4 heteroatoms. The van der Waals surface area contributed by atoms with Crippen molar-refractivity contribution in [3.05, 3.63) is 23.9 Å². The SMILES string of the molecule is CCOC(=O)CCCCCCNc1cc(CC)ccn1. The topological polar surface area (TPSA) is 51.2 Å². The summed E-state index contributed by atoms with van der Waals surface area (Å²) in [5, 5.41) is 3.34. The van der Waals surface area contributed by atoms with Crippen LogP contribution in [0.1, 0.15) is 51.5 Å². The van der Waals surface area contributed by atoms with Gasteiger partial charge < -0.3 is 10.1 Å². The largest absolute Gasteiger partial charge is 0.466 e. The number of aromatic nitrogens is 1. The molecule has 4 nitrogen and oxygen atoms in total. The Kier molecular flexibility index (Phi) is 8.43. The van der Waals surface area contributed by atoms with E-state index in [2.05, 4.69) is 23.3 Å². The molecule has 0 spiro atoms. The monoisotopic (exact) mass is 278 g/mol. The summed E-state index contributed by atoms with van der Waals surface area (Å²) in [6.07, 6.45) is 7.64. The van der Waals surface area contributed by atoms with E-state index in [9.17, 15) is 4.79 Å². The molecule has 1 aromatic rings. The van der Waals surface area contributed by atoms with Crippen molar-refractivity contribution in [1.82, 2.24) is 4.98 Å². The molecule has 0 bridgehead atoms. The van der Waals surface area contributed by atoms with Gasteiger partial charge in [0, 0.05) is 19.2 Å². The third-order valence-corrected chi connectivity index (χ3v) is 3.15. The number of anilines is 1. The summed E-state index contributed by atoms with van der Waals surface area (Å²) in [5.74, 6) is 0.877. The molecule has 0 aliphatic rings. The van der Waals surface area contributed by atoms with E-state index in [1.807, 2.05) is 19.2 Å². The third-order valence-electron chi connectivity index (χ3n) is 3.15. The molecule has 20 heavy (non-hydrogen) atoms. The number of carbonyl (C=O) groups is 1. The number of unbranched alkanes of at least 4 members (excludes halogenated alkanes) is 3. The van der Waals surface area contributed by atoms with Crippen molar-refractivity contribution in [2.75, 3.05) is 18.5 Å². The molecule has 112 valence electrons. The van der Waals surface area contributed by atoms with Gasteiger partial charge in [-0.3, -0.25) is 4.79 Å². The molecular formula is C16H26N2O2. The maximum Gasteiger partial charge on any atom is 0.305 e. The molecule has 0 aromatic carbocycles. The fraction of sp³-hybridized carbons (Fsp3) is 0.625. The van der Waals surface area contributed by atoms with E-state index in [1.54, 1.807) is 0 Å². The Morgan fingerprint density at radius 2 is 2.05 bits per heavy atom. The molecule has 1 aromatic heterocycles. The van der Waals surface area contributed by atoms with Crippen LogP contribution in [0.25, 0.3) is 0 Å². The second-order valence-corrected chi connectivity index (χ2v) is 4.80. The molecule has 0 unspecified atom stereocenters. The van der Waals surface area contributed by atoms with E-state index in [0.29, 0.717) is 13.0 Å². The predicted octanol–water partition coefficient (Wildman–Crippen LogP) is 3.57. The van der Waals surface area contributed by atoms with Gasteiger partial charge >= 0.3 is 5.97 Å². The van der Waals surface area contributed by atoms with Crippen LogP contribution in [0.5, 0.6) is 0 Å². The fourth-order valence-corrected chi connectivity index (χ4v) is 1.99. The summed E-state index contributed by atoms with van der Waals surface area (Å²) in [5.41, 5.74) is 1.30. The zero-order valence-electron chi connectivity index (χ0n) is 12.7. The predicted molar refractivity (Wildman–Crippen MR) is 81.8 cm³/mol. The molecule has 1 N–H and O–H groups in total. The average Bonchev–Trinajstić information content (AvgIpc) is 2.47. The van der Waals surface area contributed by atoms with Crippen molar-refractivity contribution in [3.8, 4) is 0 Å². The first-order chi connectivity index (χ1) is 9.76. The number of ether oxygens (including phenoxy) is 1. The highest BCUT2D eigenvalue weighted by Crippen LogP contribution is 2.08. The molecule has 0 atom stereocenters. The number of aryl methyl sites for hydroxylation is 1. The quantitative estimate of drug-likeness (QED) is 0.525. The number of nitrogens with zero attached hydrogens (tertiary/aromatic N) is 1. The van der Waals surface area contributed by atoms with Crippen molar-refractivity contribution in [2.24, 2.45) is 0 Å². The van der Waals surface area contributed by atoms with E-state index in [0.717, 1.165) is 44.5 Å². The number of hydrogen-bond acceptors (Lipinski definition) is 4. The minimum atomic E-state index is -0.0776. The minimum absolute atomic E-state index is 0.0776. The van der Waals surface area contributed by atoms with E-state index < -0.39 is 0 Å². The molecule has 0 radical (unpaired) electrons. The van der Waals surface area contributed by atoms with Crippen LogP contribution in [0.2, 0.25) is 0 Å². The van der Waals surface area contributed by atoms with Crippen LogP contribution in [0.3, 0.4) is 0 Å². The number of esters is 1. The summed E-state index contributed by atoms with van der Waals surface area (Å²) in [6.45, 7) is 5.39. The standard InChI is InChI=1S/C16H26N2O2/c1-3-14-10-12-18-15(13-14)17-11-8-6-5-7-9-16(19)20-4-2/h10,12-13H,3-9,11H2,1-2H3,(H,17,18). The second kappa shape index (κ2) is 10.2. The molecular weight excluding hydrogens is 252 g/mol. The van der Waals surface area contributed by atoms with Gasteiger partial charge in [0.25, 0.3) is 0 Å². The summed E-state index contributed by atoms with van der Waals surface area (Å²) in [7, 11) is 0. The molecule has 0 amide bonds. The highest BCUT2D eigenvalue weighted by atomic mass is 16.5. The van der Waals surface area contributed by atoms with Crippen LogP contribution in [0.4, 0.5) is 5.82 Å². The molecule has 0 saturated heterocycles. The molecule has 0 aliphatic heterocycles. The maximum absolute atomic E-state index is 11.1. The van der Waals surface area contributed by atoms with Gasteiger partial charge in [0.2, 0.25) is 0 Å². The smallest absolute Gasteiger partial charge is 0.305 e. The van der Waals surface area contributed by atoms with Gasteiger partial charge in [-0.1, -0.05) is 19.8 Å². The third kappa shape index (κ3) is 7.12. The summed E-state index contributed by atoms with van der Waals surface area (Å²) in [6, 6.07) is 4.14. The van der Waals surface area contributed by atoms with Gasteiger partial charge in [-0.2, -0.15) is 0 Å². The van der Waals surface area contributed by atoms with Crippen LogP contribution >= 0.6 is 0 Å². The van der Waals surface area contributed by atoms with Crippen molar-refractivity contribution in [1.29, 1.82) is 0 Å². The van der Waals surface area contributed by atoms with Gasteiger partial charge in [0.15, 0.2) is 0 Å². The highest BCUT2D eigenvalue weighted by Gasteiger charge is 2.00. The molecule has 0 aliphatic carbocycles. The Morgan fingerprint density at radius 3 is 2.80 bits per heavy atom. The highest BCUT2D eigenvalue weighted by molar-refractivity contribution is 5.69. The van der Waals surface area contributed by atoms with Crippen molar-refractivity contribution in [2.45, 2.75) is 52.4 Å². The summed E-state index contributed by atoms with van der Waals surface area (Å²) >= 11 is 0. The van der Waals surface area contributed by atoms with Gasteiger partial charge in [-0.25, -0.2) is 4.98 Å². The number of hydrogen-bond donors (Lipinski definition) is 1. The van der Waals surface area contributed by atoms with Crippen molar-refractivity contribution < 1.29 is 9.53 Å². The van der Waals surface area contributed by atoms with E-state index in [-0.39, 0.29) is 5.97 Å². The number of carbonyl (C=O) groups excluding carboxylic acids is 1. The zero-order valence-corrected chi connectivity index (χ0v) is 12.7. The van der Waals surface area contributed by atoms with Crippen molar-refractivity contribution in [3.63, 3.8) is 0 Å². The second-order valence-electron chi connectivity index (χ2n) is 4.80. The van der Waals surface area contributed by atoms with Crippen LogP contribution in [0, 0.1) is 0 Å². The van der Waals surface area contributed by atoms with Crippen LogP contribution in [-0.4, -0.2) is 24.1 Å². The normalized spacial score (nSPS) is 10.3. The number of rotatable bonds is 10. The van der Waals surface area contributed by atoms with Gasteiger partial charge in [0.1, 0.15) is 5.82 Å². The fourth-order valence-electron chi connectivity index (χ4n) is 1.99.